The number of rotatable bonds is 6. The molecule has 0 spiro atoms. The summed E-state index contributed by atoms with van der Waals surface area (Å²) in [5.41, 5.74) is 0.631. The molecule has 0 amide bonds. The lowest BCUT2D eigenvalue weighted by Crippen LogP contribution is -2.17. The van der Waals surface area contributed by atoms with Crippen molar-refractivity contribution >= 4 is 33.5 Å². The Bertz CT molecular complexity index is 1350. The highest BCUT2D eigenvalue weighted by Gasteiger charge is 2.15. The molecule has 0 N–H and O–H groups in total. The molecule has 0 aliphatic heterocycles. The van der Waals surface area contributed by atoms with Crippen LogP contribution in [0.5, 0.6) is 5.75 Å². The maximum atomic E-state index is 13.0. The number of ether oxygens (including phenoxy) is 1. The van der Waals surface area contributed by atoms with Gasteiger partial charge in [-0.15, -0.1) is 11.3 Å². The Labute approximate surface area is 176 Å². The minimum Gasteiger partial charge on any atom is -0.434 e. The normalized spacial score (nSPS) is 11.5. The molecule has 11 heteroatoms. The van der Waals surface area contributed by atoms with Gasteiger partial charge in [-0.2, -0.15) is 18.6 Å². The highest BCUT2D eigenvalue weighted by atomic mass is 32.1. The van der Waals surface area contributed by atoms with Crippen LogP contribution in [0.25, 0.3) is 21.3 Å². The van der Waals surface area contributed by atoms with Crippen molar-refractivity contribution < 1.29 is 18.4 Å². The Kier molecular flexibility index (Phi) is 5.50. The highest BCUT2D eigenvalue weighted by molar-refractivity contribution is 7.17. The number of nitro benzene ring substituents is 1. The largest absolute Gasteiger partial charge is 0.434 e. The first-order chi connectivity index (χ1) is 14.9. The summed E-state index contributed by atoms with van der Waals surface area (Å²) in [6.07, 6.45) is 2.23. The molecule has 0 unspecified atom stereocenters. The monoisotopic (exact) mass is 442 g/mol. The smallest absolute Gasteiger partial charge is 0.387 e. The number of fused-ring (bicyclic) bond motifs is 1. The first kappa shape index (κ1) is 20.3. The summed E-state index contributed by atoms with van der Waals surface area (Å²) in [4.78, 5) is 28.1. The van der Waals surface area contributed by atoms with E-state index in [4.69, 9.17) is 0 Å². The Morgan fingerprint density at radius 2 is 2.00 bits per heavy atom. The Hall–Kier alpha value is -3.99. The third-order valence-corrected chi connectivity index (χ3v) is 5.19. The van der Waals surface area contributed by atoms with Crippen molar-refractivity contribution in [2.24, 2.45) is 5.10 Å². The van der Waals surface area contributed by atoms with Gasteiger partial charge in [0.25, 0.3) is 11.2 Å². The van der Waals surface area contributed by atoms with Gasteiger partial charge < -0.3 is 4.74 Å². The van der Waals surface area contributed by atoms with Crippen molar-refractivity contribution in [3.8, 4) is 16.9 Å². The van der Waals surface area contributed by atoms with Gasteiger partial charge >= 0.3 is 6.61 Å². The fourth-order valence-corrected chi connectivity index (χ4v) is 3.82. The summed E-state index contributed by atoms with van der Waals surface area (Å²) < 4.78 is 30.7. The lowest BCUT2D eigenvalue weighted by Gasteiger charge is -2.07. The van der Waals surface area contributed by atoms with Gasteiger partial charge in [-0.1, -0.05) is 30.3 Å². The zero-order chi connectivity index (χ0) is 22.0. The van der Waals surface area contributed by atoms with Crippen LogP contribution in [0.2, 0.25) is 0 Å². The van der Waals surface area contributed by atoms with Crippen LogP contribution in [0.3, 0.4) is 0 Å². The van der Waals surface area contributed by atoms with Gasteiger partial charge in [0.2, 0.25) is 0 Å². The van der Waals surface area contributed by atoms with Gasteiger partial charge in [-0.3, -0.25) is 14.9 Å². The lowest BCUT2D eigenvalue weighted by molar-refractivity contribution is -0.384. The predicted octanol–water partition coefficient (Wildman–Crippen LogP) is 4.52. The van der Waals surface area contributed by atoms with Crippen molar-refractivity contribution in [2.45, 2.75) is 6.61 Å². The topological polar surface area (TPSA) is 99.6 Å². The summed E-state index contributed by atoms with van der Waals surface area (Å²) in [6, 6.07) is 12.4. The molecule has 4 rings (SSSR count). The third kappa shape index (κ3) is 4.16. The van der Waals surface area contributed by atoms with Crippen molar-refractivity contribution in [3.63, 3.8) is 0 Å². The maximum Gasteiger partial charge on any atom is 0.387 e. The molecule has 31 heavy (non-hydrogen) atoms. The molecule has 0 aliphatic carbocycles. The summed E-state index contributed by atoms with van der Waals surface area (Å²) in [5, 5.41) is 17.2. The van der Waals surface area contributed by atoms with E-state index in [1.54, 1.807) is 0 Å². The number of hydrogen-bond donors (Lipinski definition) is 0. The summed E-state index contributed by atoms with van der Waals surface area (Å²) >= 11 is 1.31. The molecule has 0 saturated heterocycles. The molecule has 8 nitrogen and oxygen atoms in total. The molecule has 0 bridgehead atoms. The molecule has 0 aliphatic rings. The van der Waals surface area contributed by atoms with Crippen LogP contribution >= 0.6 is 11.3 Å². The highest BCUT2D eigenvalue weighted by Crippen LogP contribution is 2.30. The van der Waals surface area contributed by atoms with Crippen molar-refractivity contribution in [2.75, 3.05) is 0 Å². The Balaban J connectivity index is 1.79. The summed E-state index contributed by atoms with van der Waals surface area (Å²) in [6.45, 7) is -3.13. The standard InChI is InChI=1S/C20H12F2N4O4S/c21-20(22)30-16-7-6-14(26(28)29)8-13(16)9-24-25-11-23-18-17(19(25)27)15(10-31-18)12-4-2-1-3-5-12/h1-11,20H/b24-9+. The van der Waals surface area contributed by atoms with E-state index in [9.17, 15) is 23.7 Å². The molecule has 4 aromatic rings. The van der Waals surface area contributed by atoms with Crippen LogP contribution in [0.15, 0.2) is 70.1 Å². The van der Waals surface area contributed by atoms with Crippen LogP contribution in [0.4, 0.5) is 14.5 Å². The van der Waals surface area contributed by atoms with E-state index in [2.05, 4.69) is 14.8 Å². The van der Waals surface area contributed by atoms with Crippen LogP contribution < -0.4 is 10.3 Å². The second-order valence-electron chi connectivity index (χ2n) is 6.19. The first-order valence-corrected chi connectivity index (χ1v) is 9.64. The zero-order valence-electron chi connectivity index (χ0n) is 15.5. The molecular weight excluding hydrogens is 430 g/mol. The number of non-ortho nitro benzene ring substituents is 1. The van der Waals surface area contributed by atoms with E-state index in [0.29, 0.717) is 15.8 Å². The van der Waals surface area contributed by atoms with E-state index in [1.165, 1.54) is 17.7 Å². The fourth-order valence-electron chi connectivity index (χ4n) is 2.91. The predicted molar refractivity (Wildman–Crippen MR) is 112 cm³/mol. The molecule has 0 atom stereocenters. The van der Waals surface area contributed by atoms with E-state index in [-0.39, 0.29) is 17.0 Å². The zero-order valence-corrected chi connectivity index (χ0v) is 16.3. The number of thiophene rings is 1. The van der Waals surface area contributed by atoms with Gasteiger partial charge in [0.05, 0.1) is 16.5 Å². The average molecular weight is 442 g/mol. The van der Waals surface area contributed by atoms with Crippen LogP contribution in [-0.4, -0.2) is 27.4 Å². The van der Waals surface area contributed by atoms with Crippen LogP contribution in [0.1, 0.15) is 5.56 Å². The molecule has 0 radical (unpaired) electrons. The number of alkyl halides is 2. The molecule has 0 fully saturated rings. The van der Waals surface area contributed by atoms with Gasteiger partial charge in [-0.05, 0) is 11.6 Å². The minimum atomic E-state index is -3.13. The second-order valence-corrected chi connectivity index (χ2v) is 7.05. The Morgan fingerprint density at radius 1 is 1.23 bits per heavy atom. The van der Waals surface area contributed by atoms with E-state index < -0.39 is 17.1 Å². The van der Waals surface area contributed by atoms with Crippen molar-refractivity contribution in [3.05, 3.63) is 86.3 Å². The average Bonchev–Trinajstić information content (AvgIpc) is 3.19. The SMILES string of the molecule is O=c1c2c(-c3ccccc3)csc2ncn1/N=C/c1cc([N+](=O)[O-])ccc1OC(F)F. The Morgan fingerprint density at radius 3 is 2.71 bits per heavy atom. The lowest BCUT2D eigenvalue weighted by atomic mass is 10.1. The quantitative estimate of drug-likeness (QED) is 0.248. The third-order valence-electron chi connectivity index (χ3n) is 4.30. The van der Waals surface area contributed by atoms with E-state index in [1.807, 2.05) is 35.7 Å². The summed E-state index contributed by atoms with van der Waals surface area (Å²) in [7, 11) is 0. The molecule has 2 aromatic heterocycles. The number of nitrogens with zero attached hydrogens (tertiary/aromatic N) is 4. The minimum absolute atomic E-state index is 0.0879. The number of hydrogen-bond acceptors (Lipinski definition) is 7. The fraction of sp³-hybridized carbons (Fsp3) is 0.0500. The number of nitro groups is 1. The maximum absolute atomic E-state index is 13.0. The second kappa shape index (κ2) is 8.40. The van der Waals surface area contributed by atoms with Gasteiger partial charge in [0, 0.05) is 28.6 Å². The molecule has 0 saturated carbocycles. The molecule has 156 valence electrons. The number of halogens is 2. The first-order valence-electron chi connectivity index (χ1n) is 8.76. The van der Waals surface area contributed by atoms with E-state index >= 15 is 0 Å². The molecule has 2 heterocycles. The van der Waals surface area contributed by atoms with E-state index in [0.717, 1.165) is 34.7 Å². The van der Waals surface area contributed by atoms with Crippen LogP contribution in [0, 0.1) is 10.1 Å². The van der Waals surface area contributed by atoms with Gasteiger partial charge in [-0.25, -0.2) is 4.98 Å². The molecule has 2 aromatic carbocycles. The summed E-state index contributed by atoms with van der Waals surface area (Å²) in [5.74, 6) is -0.313. The van der Waals surface area contributed by atoms with Crippen molar-refractivity contribution in [1.82, 2.24) is 9.66 Å². The van der Waals surface area contributed by atoms with Gasteiger partial charge in [0.15, 0.2) is 0 Å². The number of aromatic nitrogens is 2. The van der Waals surface area contributed by atoms with Crippen LogP contribution in [-0.2, 0) is 0 Å². The number of benzene rings is 2. The van der Waals surface area contributed by atoms with Gasteiger partial charge in [0.1, 0.15) is 16.9 Å². The molecular formula is C20H12F2N4O4S. The van der Waals surface area contributed by atoms with Crippen molar-refractivity contribution in [1.29, 1.82) is 0 Å².